The largest absolute Gasteiger partial charge is 0.316 e. The molecule has 1 nitrogen and oxygen atoms in total. The molecule has 1 atom stereocenters. The van der Waals surface area contributed by atoms with Gasteiger partial charge < -0.3 is 5.32 Å². The fraction of sp³-hybridized carbons (Fsp3) is 1.00. The maximum absolute atomic E-state index is 3.46. The van der Waals surface area contributed by atoms with Gasteiger partial charge in [0.25, 0.3) is 0 Å². The van der Waals surface area contributed by atoms with Crippen LogP contribution in [0.25, 0.3) is 0 Å². The first-order valence-electron chi connectivity index (χ1n) is 4.17. The van der Waals surface area contributed by atoms with Crippen LogP contribution in [0.1, 0.15) is 25.7 Å². The minimum Gasteiger partial charge on any atom is -0.316 e. The van der Waals surface area contributed by atoms with E-state index in [1.807, 2.05) is 0 Å². The average Bonchev–Trinajstić information content (AvgIpc) is 2.71. The molecular formula is C8H16ClN. The molecule has 1 aliphatic heterocycles. The Hall–Kier alpha value is 0.250. The number of halogens is 1. The third kappa shape index (κ3) is 1.86. The third-order valence-electron chi connectivity index (χ3n) is 2.62. The summed E-state index contributed by atoms with van der Waals surface area (Å²) in [6.45, 7) is 2.58. The average molecular weight is 162 g/mol. The van der Waals surface area contributed by atoms with Gasteiger partial charge in [-0.05, 0) is 50.6 Å². The van der Waals surface area contributed by atoms with Crippen LogP contribution in [0.5, 0.6) is 0 Å². The standard InChI is InChI=1S/C8H15N.ClH/c1-2-8(6-9-5-1)7-3-4-7;/h7-9H,1-6H2;1H/t8-;/m0./s1. The van der Waals surface area contributed by atoms with Crippen molar-refractivity contribution in [2.45, 2.75) is 25.7 Å². The van der Waals surface area contributed by atoms with Gasteiger partial charge in [-0.2, -0.15) is 0 Å². The zero-order valence-electron chi connectivity index (χ0n) is 6.31. The fourth-order valence-electron chi connectivity index (χ4n) is 1.85. The van der Waals surface area contributed by atoms with Crippen molar-refractivity contribution in [1.29, 1.82) is 0 Å². The lowest BCUT2D eigenvalue weighted by Gasteiger charge is -2.21. The molecule has 0 spiro atoms. The summed E-state index contributed by atoms with van der Waals surface area (Å²) in [6.07, 6.45) is 5.96. The third-order valence-corrected chi connectivity index (χ3v) is 2.62. The summed E-state index contributed by atoms with van der Waals surface area (Å²) < 4.78 is 0. The predicted octanol–water partition coefficient (Wildman–Crippen LogP) is 1.82. The van der Waals surface area contributed by atoms with Gasteiger partial charge in [-0.3, -0.25) is 0 Å². The van der Waals surface area contributed by atoms with Gasteiger partial charge in [-0.15, -0.1) is 12.4 Å². The zero-order chi connectivity index (χ0) is 6.10. The highest BCUT2D eigenvalue weighted by Gasteiger charge is 2.31. The monoisotopic (exact) mass is 161 g/mol. The molecular weight excluding hydrogens is 146 g/mol. The molecule has 2 aliphatic rings. The molecule has 1 saturated carbocycles. The Morgan fingerprint density at radius 3 is 2.30 bits per heavy atom. The lowest BCUT2D eigenvalue weighted by Crippen LogP contribution is -2.30. The molecule has 1 aliphatic carbocycles. The van der Waals surface area contributed by atoms with E-state index in [2.05, 4.69) is 5.32 Å². The highest BCUT2D eigenvalue weighted by atomic mass is 35.5. The van der Waals surface area contributed by atoms with Crippen molar-refractivity contribution in [3.05, 3.63) is 0 Å². The molecule has 0 aromatic heterocycles. The highest BCUT2D eigenvalue weighted by Crippen LogP contribution is 2.39. The van der Waals surface area contributed by atoms with Crippen LogP contribution in [-0.2, 0) is 0 Å². The van der Waals surface area contributed by atoms with Crippen LogP contribution in [0.15, 0.2) is 0 Å². The topological polar surface area (TPSA) is 12.0 Å². The maximum Gasteiger partial charge on any atom is -0.00179 e. The summed E-state index contributed by atoms with van der Waals surface area (Å²) in [6, 6.07) is 0. The lowest BCUT2D eigenvalue weighted by molar-refractivity contribution is 0.341. The summed E-state index contributed by atoms with van der Waals surface area (Å²) >= 11 is 0. The second-order valence-corrected chi connectivity index (χ2v) is 3.44. The van der Waals surface area contributed by atoms with Crippen molar-refractivity contribution in [3.63, 3.8) is 0 Å². The first kappa shape index (κ1) is 8.35. The molecule has 0 aromatic rings. The predicted molar refractivity (Wildman–Crippen MR) is 45.6 cm³/mol. The molecule has 60 valence electrons. The molecule has 0 bridgehead atoms. The van der Waals surface area contributed by atoms with Gasteiger partial charge in [0.2, 0.25) is 0 Å². The van der Waals surface area contributed by atoms with Crippen LogP contribution in [0.4, 0.5) is 0 Å². The van der Waals surface area contributed by atoms with E-state index in [0.717, 1.165) is 11.8 Å². The molecule has 0 aromatic carbocycles. The van der Waals surface area contributed by atoms with Gasteiger partial charge in [0, 0.05) is 0 Å². The lowest BCUT2D eigenvalue weighted by atomic mass is 9.95. The van der Waals surface area contributed by atoms with Gasteiger partial charge in [0.1, 0.15) is 0 Å². The smallest absolute Gasteiger partial charge is 0.00179 e. The van der Waals surface area contributed by atoms with Crippen molar-refractivity contribution in [1.82, 2.24) is 5.32 Å². The van der Waals surface area contributed by atoms with Crippen molar-refractivity contribution in [2.24, 2.45) is 11.8 Å². The Morgan fingerprint density at radius 1 is 1.00 bits per heavy atom. The highest BCUT2D eigenvalue weighted by molar-refractivity contribution is 5.85. The van der Waals surface area contributed by atoms with E-state index in [1.165, 1.54) is 38.8 Å². The minimum atomic E-state index is 0. The molecule has 2 rings (SSSR count). The Kier molecular flexibility index (Phi) is 2.99. The first-order chi connectivity index (χ1) is 4.47. The van der Waals surface area contributed by atoms with Crippen molar-refractivity contribution in [2.75, 3.05) is 13.1 Å². The van der Waals surface area contributed by atoms with Crippen molar-refractivity contribution >= 4 is 12.4 Å². The molecule has 1 N–H and O–H groups in total. The molecule has 1 saturated heterocycles. The van der Waals surface area contributed by atoms with Crippen LogP contribution in [0, 0.1) is 11.8 Å². The second kappa shape index (κ2) is 3.59. The molecule has 0 amide bonds. The van der Waals surface area contributed by atoms with E-state index >= 15 is 0 Å². The van der Waals surface area contributed by atoms with Gasteiger partial charge in [0.05, 0.1) is 0 Å². The van der Waals surface area contributed by atoms with E-state index in [1.54, 1.807) is 0 Å². The first-order valence-corrected chi connectivity index (χ1v) is 4.17. The fourth-order valence-corrected chi connectivity index (χ4v) is 1.85. The van der Waals surface area contributed by atoms with E-state index in [9.17, 15) is 0 Å². The van der Waals surface area contributed by atoms with Gasteiger partial charge in [0.15, 0.2) is 0 Å². The van der Waals surface area contributed by atoms with E-state index in [-0.39, 0.29) is 12.4 Å². The molecule has 2 fully saturated rings. The van der Waals surface area contributed by atoms with Crippen molar-refractivity contribution < 1.29 is 0 Å². The molecule has 0 radical (unpaired) electrons. The Bertz CT molecular complexity index is 95.4. The minimum absolute atomic E-state index is 0. The Morgan fingerprint density at radius 2 is 1.80 bits per heavy atom. The number of hydrogen-bond donors (Lipinski definition) is 1. The zero-order valence-corrected chi connectivity index (χ0v) is 7.12. The summed E-state index contributed by atoms with van der Waals surface area (Å²) in [7, 11) is 0. The Balaban J connectivity index is 0.000000500. The molecule has 10 heavy (non-hydrogen) atoms. The van der Waals surface area contributed by atoms with Gasteiger partial charge in [-0.1, -0.05) is 0 Å². The van der Waals surface area contributed by atoms with E-state index in [0.29, 0.717) is 0 Å². The molecule has 1 heterocycles. The molecule has 0 unspecified atom stereocenters. The SMILES string of the molecule is C1CNC[C@@H](C2CC2)C1.Cl. The maximum atomic E-state index is 3.46. The Labute approximate surface area is 69.0 Å². The van der Waals surface area contributed by atoms with Crippen LogP contribution in [-0.4, -0.2) is 13.1 Å². The normalized spacial score (nSPS) is 33.0. The number of rotatable bonds is 1. The number of nitrogens with one attached hydrogen (secondary N) is 1. The van der Waals surface area contributed by atoms with Gasteiger partial charge >= 0.3 is 0 Å². The molecule has 2 heteroatoms. The summed E-state index contributed by atoms with van der Waals surface area (Å²) in [5, 5.41) is 3.46. The van der Waals surface area contributed by atoms with E-state index in [4.69, 9.17) is 0 Å². The van der Waals surface area contributed by atoms with E-state index < -0.39 is 0 Å². The summed E-state index contributed by atoms with van der Waals surface area (Å²) in [5.41, 5.74) is 0. The van der Waals surface area contributed by atoms with Crippen LogP contribution in [0.2, 0.25) is 0 Å². The van der Waals surface area contributed by atoms with Crippen LogP contribution in [0.3, 0.4) is 0 Å². The quantitative estimate of drug-likeness (QED) is 0.619. The van der Waals surface area contributed by atoms with Gasteiger partial charge in [-0.25, -0.2) is 0 Å². The summed E-state index contributed by atoms with van der Waals surface area (Å²) in [5.74, 6) is 2.18. The number of piperidine rings is 1. The van der Waals surface area contributed by atoms with Crippen LogP contribution >= 0.6 is 12.4 Å². The second-order valence-electron chi connectivity index (χ2n) is 3.44. The van der Waals surface area contributed by atoms with Crippen molar-refractivity contribution in [3.8, 4) is 0 Å². The summed E-state index contributed by atoms with van der Waals surface area (Å²) in [4.78, 5) is 0. The number of hydrogen-bond acceptors (Lipinski definition) is 1. The van der Waals surface area contributed by atoms with Crippen LogP contribution < -0.4 is 5.32 Å².